The SMILES string of the molecule is COc1ccc(NC(=O)Cn2nnc3sc4c(c3c2=O)CC[C@H](C)C4)c([N+](=O)[O-])c1. The molecule has 1 N–H and O–H groups in total. The summed E-state index contributed by atoms with van der Waals surface area (Å²) in [6, 6.07) is 4.09. The van der Waals surface area contributed by atoms with Crippen molar-refractivity contribution in [3.63, 3.8) is 0 Å². The van der Waals surface area contributed by atoms with E-state index < -0.39 is 17.4 Å². The van der Waals surface area contributed by atoms with Crippen molar-refractivity contribution >= 4 is 38.8 Å². The number of rotatable bonds is 5. The van der Waals surface area contributed by atoms with E-state index in [1.807, 2.05) is 0 Å². The number of nitrogens with zero attached hydrogens (tertiary/aromatic N) is 4. The van der Waals surface area contributed by atoms with Crippen molar-refractivity contribution in [2.24, 2.45) is 5.92 Å². The highest BCUT2D eigenvalue weighted by molar-refractivity contribution is 7.18. The first-order valence-electron chi connectivity index (χ1n) is 9.37. The summed E-state index contributed by atoms with van der Waals surface area (Å²) in [6.07, 6.45) is 2.72. The molecule has 0 aliphatic heterocycles. The molecule has 0 fully saturated rings. The average molecular weight is 429 g/mol. The number of aryl methyl sites for hydroxylation is 1. The number of ether oxygens (including phenoxy) is 1. The molecule has 1 aliphatic carbocycles. The van der Waals surface area contributed by atoms with Crippen molar-refractivity contribution in [1.82, 2.24) is 15.0 Å². The largest absolute Gasteiger partial charge is 0.496 e. The van der Waals surface area contributed by atoms with Gasteiger partial charge in [0.05, 0.1) is 23.5 Å². The number of nitrogens with one attached hydrogen (secondary N) is 1. The molecular weight excluding hydrogens is 410 g/mol. The molecule has 1 aromatic carbocycles. The fourth-order valence-electron chi connectivity index (χ4n) is 3.62. The molecule has 1 amide bonds. The zero-order valence-electron chi connectivity index (χ0n) is 16.4. The number of fused-ring (bicyclic) bond motifs is 3. The summed E-state index contributed by atoms with van der Waals surface area (Å²) in [5, 5.41) is 22.3. The van der Waals surface area contributed by atoms with Crippen molar-refractivity contribution in [3.8, 4) is 5.75 Å². The summed E-state index contributed by atoms with van der Waals surface area (Å²) < 4.78 is 5.98. The fraction of sp³-hybridized carbons (Fsp3) is 0.368. The van der Waals surface area contributed by atoms with E-state index in [0.29, 0.717) is 21.9 Å². The maximum Gasteiger partial charge on any atom is 0.296 e. The smallest absolute Gasteiger partial charge is 0.296 e. The van der Waals surface area contributed by atoms with E-state index >= 15 is 0 Å². The number of hydrogen-bond donors (Lipinski definition) is 1. The van der Waals surface area contributed by atoms with Crippen LogP contribution in [0.1, 0.15) is 23.8 Å². The number of nitro groups is 1. The standard InChI is InChI=1S/C19H19N5O5S/c1-10-3-5-12-15(7-10)30-18-17(12)19(26)23(22-21-18)9-16(25)20-13-6-4-11(29-2)8-14(13)24(27)28/h4,6,8,10H,3,5,7,9H2,1-2H3,(H,20,25)/t10-/m0/s1. The average Bonchev–Trinajstić information content (AvgIpc) is 3.08. The normalized spacial score (nSPS) is 15.6. The molecule has 0 radical (unpaired) electrons. The molecule has 2 aromatic heterocycles. The Morgan fingerprint density at radius 1 is 1.47 bits per heavy atom. The van der Waals surface area contributed by atoms with E-state index in [1.54, 1.807) is 0 Å². The Kier molecular flexibility index (Phi) is 5.20. The predicted molar refractivity (Wildman–Crippen MR) is 111 cm³/mol. The summed E-state index contributed by atoms with van der Waals surface area (Å²) in [6.45, 7) is 1.78. The zero-order chi connectivity index (χ0) is 21.4. The Hall–Kier alpha value is -3.34. The van der Waals surface area contributed by atoms with Crippen LogP contribution in [0.3, 0.4) is 0 Å². The first-order valence-corrected chi connectivity index (χ1v) is 10.2. The summed E-state index contributed by atoms with van der Waals surface area (Å²) in [5.41, 5.74) is 0.340. The number of thiophene rings is 1. The molecule has 156 valence electrons. The number of hydrogen-bond acceptors (Lipinski definition) is 8. The van der Waals surface area contributed by atoms with Crippen LogP contribution in [-0.2, 0) is 24.2 Å². The molecule has 1 atom stereocenters. The number of carbonyl (C=O) groups is 1. The molecule has 0 saturated heterocycles. The minimum Gasteiger partial charge on any atom is -0.496 e. The van der Waals surface area contributed by atoms with Crippen LogP contribution in [0.4, 0.5) is 11.4 Å². The van der Waals surface area contributed by atoms with Crippen molar-refractivity contribution in [3.05, 3.63) is 49.1 Å². The first kappa shape index (κ1) is 20.0. The van der Waals surface area contributed by atoms with Gasteiger partial charge in [-0.3, -0.25) is 19.7 Å². The summed E-state index contributed by atoms with van der Waals surface area (Å²) in [4.78, 5) is 37.8. The summed E-state index contributed by atoms with van der Waals surface area (Å²) in [7, 11) is 1.39. The fourth-order valence-corrected chi connectivity index (χ4v) is 4.93. The molecule has 1 aliphatic rings. The second-order valence-corrected chi connectivity index (χ2v) is 8.36. The predicted octanol–water partition coefficient (Wildman–Crippen LogP) is 2.53. The van der Waals surface area contributed by atoms with Gasteiger partial charge in [-0.05, 0) is 42.9 Å². The molecule has 0 saturated carbocycles. The van der Waals surface area contributed by atoms with E-state index in [9.17, 15) is 19.7 Å². The number of carbonyl (C=O) groups excluding carboxylic acids is 1. The van der Waals surface area contributed by atoms with E-state index in [2.05, 4.69) is 22.6 Å². The van der Waals surface area contributed by atoms with Gasteiger partial charge < -0.3 is 10.1 Å². The van der Waals surface area contributed by atoms with Crippen LogP contribution in [0.25, 0.3) is 10.2 Å². The van der Waals surface area contributed by atoms with Crippen LogP contribution in [0.15, 0.2) is 23.0 Å². The molecule has 3 aromatic rings. The Morgan fingerprint density at radius 3 is 3.00 bits per heavy atom. The maximum absolute atomic E-state index is 13.0. The van der Waals surface area contributed by atoms with E-state index in [0.717, 1.165) is 34.4 Å². The Labute approximate surface area is 174 Å². The molecule has 10 nitrogen and oxygen atoms in total. The molecule has 0 spiro atoms. The lowest BCUT2D eigenvalue weighted by molar-refractivity contribution is -0.384. The minimum atomic E-state index is -0.616. The zero-order valence-corrected chi connectivity index (χ0v) is 17.2. The van der Waals surface area contributed by atoms with Gasteiger partial charge in [0.2, 0.25) is 5.91 Å². The number of benzene rings is 1. The Morgan fingerprint density at radius 2 is 2.27 bits per heavy atom. The second-order valence-electron chi connectivity index (χ2n) is 7.27. The number of methoxy groups -OCH3 is 1. The molecule has 4 rings (SSSR count). The lowest BCUT2D eigenvalue weighted by Gasteiger charge is -2.17. The third-order valence-corrected chi connectivity index (χ3v) is 6.29. The van der Waals surface area contributed by atoms with Gasteiger partial charge >= 0.3 is 0 Å². The van der Waals surface area contributed by atoms with Crippen molar-refractivity contribution in [2.75, 3.05) is 12.4 Å². The Balaban J connectivity index is 1.61. The van der Waals surface area contributed by atoms with Gasteiger partial charge in [-0.2, -0.15) is 0 Å². The van der Waals surface area contributed by atoms with Gasteiger partial charge in [0.15, 0.2) is 4.83 Å². The molecular formula is C19H19N5O5S. The number of anilines is 1. The number of amides is 1. The number of aromatic nitrogens is 3. The molecule has 30 heavy (non-hydrogen) atoms. The quantitative estimate of drug-likeness (QED) is 0.487. The van der Waals surface area contributed by atoms with Gasteiger partial charge in [-0.1, -0.05) is 12.1 Å². The van der Waals surface area contributed by atoms with Crippen LogP contribution in [0.5, 0.6) is 5.75 Å². The monoisotopic (exact) mass is 429 g/mol. The summed E-state index contributed by atoms with van der Waals surface area (Å²) >= 11 is 1.48. The van der Waals surface area contributed by atoms with Crippen molar-refractivity contribution in [2.45, 2.75) is 32.7 Å². The lowest BCUT2D eigenvalue weighted by atomic mass is 9.89. The molecule has 11 heteroatoms. The topological polar surface area (TPSA) is 129 Å². The van der Waals surface area contributed by atoms with Crippen molar-refractivity contribution < 1.29 is 14.5 Å². The first-order chi connectivity index (χ1) is 14.4. The molecule has 2 heterocycles. The van der Waals surface area contributed by atoms with Crippen LogP contribution in [0.2, 0.25) is 0 Å². The Bertz CT molecular complexity index is 1220. The maximum atomic E-state index is 13.0. The van der Waals surface area contributed by atoms with Crippen molar-refractivity contribution in [1.29, 1.82) is 0 Å². The minimum absolute atomic E-state index is 0.00906. The molecule has 0 bridgehead atoms. The van der Waals surface area contributed by atoms with Crippen LogP contribution in [-0.4, -0.2) is 32.9 Å². The van der Waals surface area contributed by atoms with Crippen LogP contribution >= 0.6 is 11.3 Å². The third-order valence-electron chi connectivity index (χ3n) is 5.15. The van der Waals surface area contributed by atoms with E-state index in [1.165, 1.54) is 36.6 Å². The summed E-state index contributed by atoms with van der Waals surface area (Å²) in [5.74, 6) is 0.243. The number of nitro benzene ring substituents is 1. The highest BCUT2D eigenvalue weighted by Crippen LogP contribution is 2.35. The van der Waals surface area contributed by atoms with E-state index in [4.69, 9.17) is 4.74 Å². The highest BCUT2D eigenvalue weighted by atomic mass is 32.1. The van der Waals surface area contributed by atoms with Crippen LogP contribution in [0, 0.1) is 16.0 Å². The highest BCUT2D eigenvalue weighted by Gasteiger charge is 2.24. The van der Waals surface area contributed by atoms with Crippen LogP contribution < -0.4 is 15.6 Å². The van der Waals surface area contributed by atoms with Gasteiger partial charge in [-0.25, -0.2) is 4.68 Å². The lowest BCUT2D eigenvalue weighted by Crippen LogP contribution is -2.30. The van der Waals surface area contributed by atoms with Gasteiger partial charge in [-0.15, -0.1) is 16.4 Å². The van der Waals surface area contributed by atoms with Gasteiger partial charge in [0.1, 0.15) is 18.0 Å². The molecule has 0 unspecified atom stereocenters. The third kappa shape index (κ3) is 3.63. The van der Waals surface area contributed by atoms with E-state index in [-0.39, 0.29) is 16.9 Å². The second kappa shape index (κ2) is 7.82. The van der Waals surface area contributed by atoms with Gasteiger partial charge in [0.25, 0.3) is 11.2 Å². The van der Waals surface area contributed by atoms with Gasteiger partial charge in [0, 0.05) is 4.88 Å².